The molecule has 0 spiro atoms. The van der Waals surface area contributed by atoms with Crippen LogP contribution < -0.4 is 11.5 Å². The molecule has 0 saturated heterocycles. The first-order chi connectivity index (χ1) is 6.38. The molecular formula is C8H8F4N2. The number of alkyl halides is 3. The quantitative estimate of drug-likeness (QED) is 0.547. The second-order valence-corrected chi connectivity index (χ2v) is 2.69. The molecule has 0 heterocycles. The van der Waals surface area contributed by atoms with Crippen molar-refractivity contribution in [3.8, 4) is 0 Å². The molecule has 0 unspecified atom stereocenters. The van der Waals surface area contributed by atoms with Crippen LogP contribution in [0.15, 0.2) is 12.1 Å². The van der Waals surface area contributed by atoms with Gasteiger partial charge in [0.1, 0.15) is 5.82 Å². The number of nitrogens with two attached hydrogens (primary N) is 2. The van der Waals surface area contributed by atoms with Crippen LogP contribution in [0, 0.1) is 5.82 Å². The number of hydrogen-bond acceptors (Lipinski definition) is 2. The zero-order valence-electron chi connectivity index (χ0n) is 7.03. The molecule has 0 bridgehead atoms. The summed E-state index contributed by atoms with van der Waals surface area (Å²) in [5.41, 5.74) is 8.27. The largest absolute Gasteiger partial charge is 0.416 e. The summed E-state index contributed by atoms with van der Waals surface area (Å²) in [6.07, 6.45) is -4.56. The Bertz CT molecular complexity index is 346. The fourth-order valence-electron chi connectivity index (χ4n) is 1.12. The van der Waals surface area contributed by atoms with E-state index in [4.69, 9.17) is 11.5 Å². The molecule has 14 heavy (non-hydrogen) atoms. The van der Waals surface area contributed by atoms with Gasteiger partial charge < -0.3 is 11.5 Å². The molecule has 0 fully saturated rings. The van der Waals surface area contributed by atoms with Crippen molar-refractivity contribution >= 4 is 5.69 Å². The summed E-state index contributed by atoms with van der Waals surface area (Å²) in [5, 5.41) is 0. The van der Waals surface area contributed by atoms with Crippen molar-refractivity contribution < 1.29 is 17.6 Å². The Kier molecular flexibility index (Phi) is 2.66. The number of rotatable bonds is 1. The van der Waals surface area contributed by atoms with E-state index >= 15 is 0 Å². The summed E-state index contributed by atoms with van der Waals surface area (Å²) in [6.45, 7) is -0.446. The molecule has 0 amide bonds. The van der Waals surface area contributed by atoms with Gasteiger partial charge in [0.25, 0.3) is 0 Å². The zero-order chi connectivity index (χ0) is 10.9. The highest BCUT2D eigenvalue weighted by Crippen LogP contribution is 2.34. The van der Waals surface area contributed by atoms with Crippen LogP contribution in [0.5, 0.6) is 0 Å². The van der Waals surface area contributed by atoms with Crippen molar-refractivity contribution in [1.29, 1.82) is 0 Å². The predicted octanol–water partition coefficient (Wildman–Crippen LogP) is 1.89. The van der Waals surface area contributed by atoms with Crippen LogP contribution >= 0.6 is 0 Å². The van der Waals surface area contributed by atoms with Gasteiger partial charge in [-0.15, -0.1) is 0 Å². The van der Waals surface area contributed by atoms with Crippen LogP contribution in [0.3, 0.4) is 0 Å². The molecule has 1 rings (SSSR count). The maximum absolute atomic E-state index is 12.8. The Morgan fingerprint density at radius 2 is 1.79 bits per heavy atom. The molecule has 0 aromatic heterocycles. The van der Waals surface area contributed by atoms with Gasteiger partial charge >= 0.3 is 6.18 Å². The van der Waals surface area contributed by atoms with Gasteiger partial charge in [0.15, 0.2) is 0 Å². The van der Waals surface area contributed by atoms with E-state index in [1.54, 1.807) is 0 Å². The number of nitrogen functional groups attached to an aromatic ring is 1. The highest BCUT2D eigenvalue weighted by Gasteiger charge is 2.34. The average Bonchev–Trinajstić information content (AvgIpc) is 2.07. The van der Waals surface area contributed by atoms with Crippen molar-refractivity contribution in [2.75, 3.05) is 5.73 Å². The minimum atomic E-state index is -4.56. The fraction of sp³-hybridized carbons (Fsp3) is 0.250. The summed E-state index contributed by atoms with van der Waals surface area (Å²) in [6, 6.07) is 1.31. The third-order valence-electron chi connectivity index (χ3n) is 1.81. The predicted molar refractivity (Wildman–Crippen MR) is 43.7 cm³/mol. The van der Waals surface area contributed by atoms with Gasteiger partial charge in [-0.1, -0.05) is 0 Å². The second-order valence-electron chi connectivity index (χ2n) is 2.69. The van der Waals surface area contributed by atoms with E-state index in [2.05, 4.69) is 0 Å². The minimum absolute atomic E-state index is 0.405. The van der Waals surface area contributed by atoms with Crippen LogP contribution in [0.1, 0.15) is 11.1 Å². The zero-order valence-corrected chi connectivity index (χ0v) is 7.03. The summed E-state index contributed by atoms with van der Waals surface area (Å²) in [4.78, 5) is 0. The number of hydrogen-bond donors (Lipinski definition) is 2. The number of benzene rings is 1. The van der Waals surface area contributed by atoms with Gasteiger partial charge in [0, 0.05) is 12.1 Å². The molecule has 78 valence electrons. The summed E-state index contributed by atoms with van der Waals surface area (Å²) < 4.78 is 49.7. The lowest BCUT2D eigenvalue weighted by Crippen LogP contribution is -2.15. The summed E-state index contributed by atoms with van der Waals surface area (Å²) in [5.74, 6) is -0.890. The first-order valence-electron chi connectivity index (χ1n) is 3.72. The Morgan fingerprint density at radius 3 is 2.21 bits per heavy atom. The van der Waals surface area contributed by atoms with E-state index in [1.807, 2.05) is 0 Å². The van der Waals surface area contributed by atoms with Crippen LogP contribution in [-0.4, -0.2) is 0 Å². The van der Waals surface area contributed by atoms with E-state index in [-0.39, 0.29) is 0 Å². The number of anilines is 1. The monoisotopic (exact) mass is 208 g/mol. The molecule has 0 radical (unpaired) electrons. The van der Waals surface area contributed by atoms with E-state index in [1.165, 1.54) is 0 Å². The molecule has 0 aliphatic carbocycles. The Balaban J connectivity index is 3.39. The number of halogens is 4. The van der Waals surface area contributed by atoms with Crippen molar-refractivity contribution in [3.63, 3.8) is 0 Å². The van der Waals surface area contributed by atoms with Crippen LogP contribution in [0.25, 0.3) is 0 Å². The van der Waals surface area contributed by atoms with E-state index < -0.39 is 35.4 Å². The Morgan fingerprint density at radius 1 is 1.21 bits per heavy atom. The topological polar surface area (TPSA) is 52.0 Å². The van der Waals surface area contributed by atoms with Crippen LogP contribution in [-0.2, 0) is 12.7 Å². The maximum atomic E-state index is 12.8. The molecule has 0 aliphatic heterocycles. The third kappa shape index (κ3) is 1.79. The summed E-state index contributed by atoms with van der Waals surface area (Å²) >= 11 is 0. The smallest absolute Gasteiger partial charge is 0.396 e. The highest BCUT2D eigenvalue weighted by atomic mass is 19.4. The van der Waals surface area contributed by atoms with E-state index in [9.17, 15) is 17.6 Å². The van der Waals surface area contributed by atoms with Gasteiger partial charge in [0.2, 0.25) is 0 Å². The normalized spacial score (nSPS) is 11.8. The van der Waals surface area contributed by atoms with E-state index in [0.29, 0.717) is 12.1 Å². The van der Waals surface area contributed by atoms with Crippen molar-refractivity contribution in [2.45, 2.75) is 12.7 Å². The third-order valence-corrected chi connectivity index (χ3v) is 1.81. The Labute approximate surface area is 77.5 Å². The minimum Gasteiger partial charge on any atom is -0.396 e. The first kappa shape index (κ1) is 10.8. The Hall–Kier alpha value is -1.30. The molecular weight excluding hydrogens is 200 g/mol. The molecule has 1 aromatic carbocycles. The van der Waals surface area contributed by atoms with E-state index in [0.717, 1.165) is 0 Å². The van der Waals surface area contributed by atoms with Gasteiger partial charge in [-0.05, 0) is 12.1 Å². The SMILES string of the molecule is NCc1c(C(F)(F)F)ccc(F)c1N. The molecule has 0 atom stereocenters. The summed E-state index contributed by atoms with van der Waals surface area (Å²) in [7, 11) is 0. The van der Waals surface area contributed by atoms with Gasteiger partial charge in [-0.3, -0.25) is 0 Å². The molecule has 6 heteroatoms. The standard InChI is InChI=1S/C8H8F4N2/c9-6-2-1-5(8(10,11)12)4(3-13)7(6)14/h1-2H,3,13-14H2. The van der Waals surface area contributed by atoms with Crippen LogP contribution in [0.2, 0.25) is 0 Å². The van der Waals surface area contributed by atoms with Gasteiger partial charge in [-0.25, -0.2) is 4.39 Å². The van der Waals surface area contributed by atoms with Gasteiger partial charge in [0.05, 0.1) is 11.3 Å². The molecule has 1 aromatic rings. The average molecular weight is 208 g/mol. The maximum Gasteiger partial charge on any atom is 0.416 e. The lowest BCUT2D eigenvalue weighted by molar-refractivity contribution is -0.138. The fourth-order valence-corrected chi connectivity index (χ4v) is 1.12. The molecule has 0 saturated carbocycles. The van der Waals surface area contributed by atoms with Gasteiger partial charge in [-0.2, -0.15) is 13.2 Å². The molecule has 4 N–H and O–H groups in total. The molecule has 0 aliphatic rings. The lowest BCUT2D eigenvalue weighted by atomic mass is 10.0. The second kappa shape index (κ2) is 3.45. The van der Waals surface area contributed by atoms with Crippen LogP contribution in [0.4, 0.5) is 23.2 Å². The van der Waals surface area contributed by atoms with Crippen molar-refractivity contribution in [2.24, 2.45) is 5.73 Å². The van der Waals surface area contributed by atoms with Crippen molar-refractivity contribution in [1.82, 2.24) is 0 Å². The first-order valence-corrected chi connectivity index (χ1v) is 3.72. The lowest BCUT2D eigenvalue weighted by Gasteiger charge is -2.13. The van der Waals surface area contributed by atoms with Crippen molar-refractivity contribution in [3.05, 3.63) is 29.1 Å². The molecule has 2 nitrogen and oxygen atoms in total. The highest BCUT2D eigenvalue weighted by molar-refractivity contribution is 5.53.